The van der Waals surface area contributed by atoms with Gasteiger partial charge in [0.2, 0.25) is 17.6 Å². The first-order chi connectivity index (χ1) is 12.1. The van der Waals surface area contributed by atoms with E-state index in [1.807, 2.05) is 6.07 Å². The van der Waals surface area contributed by atoms with Gasteiger partial charge in [0.25, 0.3) is 0 Å². The summed E-state index contributed by atoms with van der Waals surface area (Å²) in [4.78, 5) is 22.3. The number of benzene rings is 1. The van der Waals surface area contributed by atoms with Crippen molar-refractivity contribution in [2.75, 3.05) is 11.4 Å². The minimum atomic E-state index is -0.328. The number of carbonyl (C=O) groups excluding carboxylic acids is 1. The molecule has 1 saturated heterocycles. The van der Waals surface area contributed by atoms with Gasteiger partial charge >= 0.3 is 0 Å². The molecule has 0 saturated carbocycles. The number of amides is 1. The number of aryl methyl sites for hydroxylation is 1. The monoisotopic (exact) mass is 338 g/mol. The quantitative estimate of drug-likeness (QED) is 0.734. The number of halogens is 1. The van der Waals surface area contributed by atoms with Crippen LogP contribution in [0.15, 0.2) is 47.2 Å². The van der Waals surface area contributed by atoms with Crippen molar-refractivity contribution < 1.29 is 13.7 Å². The Kier molecular flexibility index (Phi) is 3.76. The van der Waals surface area contributed by atoms with Crippen molar-refractivity contribution in [3.63, 3.8) is 0 Å². The van der Waals surface area contributed by atoms with Crippen LogP contribution in [0.1, 0.15) is 23.8 Å². The first-order valence-electron chi connectivity index (χ1n) is 7.92. The van der Waals surface area contributed by atoms with Gasteiger partial charge in [0.05, 0.1) is 5.92 Å². The molecule has 1 amide bonds. The zero-order valence-electron chi connectivity index (χ0n) is 13.5. The Labute approximate surface area is 143 Å². The Morgan fingerprint density at radius 2 is 2.20 bits per heavy atom. The van der Waals surface area contributed by atoms with E-state index in [0.717, 1.165) is 5.56 Å². The third kappa shape index (κ3) is 2.88. The maximum absolute atomic E-state index is 13.8. The lowest BCUT2D eigenvalue weighted by molar-refractivity contribution is -0.117. The van der Waals surface area contributed by atoms with Gasteiger partial charge in [-0.1, -0.05) is 11.2 Å². The normalized spacial score (nSPS) is 17.3. The van der Waals surface area contributed by atoms with Crippen LogP contribution in [0.4, 0.5) is 10.1 Å². The van der Waals surface area contributed by atoms with E-state index < -0.39 is 0 Å². The van der Waals surface area contributed by atoms with Crippen molar-refractivity contribution in [2.45, 2.75) is 19.3 Å². The summed E-state index contributed by atoms with van der Waals surface area (Å²) in [6.45, 7) is 2.07. The number of rotatable bonds is 3. The predicted molar refractivity (Wildman–Crippen MR) is 88.4 cm³/mol. The average molecular weight is 338 g/mol. The Morgan fingerprint density at radius 1 is 1.32 bits per heavy atom. The summed E-state index contributed by atoms with van der Waals surface area (Å²) in [6, 6.07) is 8.41. The summed E-state index contributed by atoms with van der Waals surface area (Å²) >= 11 is 0. The Bertz CT molecular complexity index is 926. The van der Waals surface area contributed by atoms with Gasteiger partial charge in [-0.25, -0.2) is 4.39 Å². The summed E-state index contributed by atoms with van der Waals surface area (Å²) in [7, 11) is 0. The van der Waals surface area contributed by atoms with Gasteiger partial charge < -0.3 is 9.42 Å². The van der Waals surface area contributed by atoms with E-state index in [4.69, 9.17) is 4.52 Å². The molecule has 1 aromatic carbocycles. The average Bonchev–Trinajstić information content (AvgIpc) is 3.25. The van der Waals surface area contributed by atoms with Crippen LogP contribution in [0.3, 0.4) is 0 Å². The molecule has 7 heteroatoms. The molecular formula is C18H15FN4O2. The molecule has 3 aromatic rings. The smallest absolute Gasteiger partial charge is 0.232 e. The fourth-order valence-corrected chi connectivity index (χ4v) is 2.89. The van der Waals surface area contributed by atoms with E-state index >= 15 is 0 Å². The Balaban J connectivity index is 1.56. The molecule has 0 radical (unpaired) electrons. The summed E-state index contributed by atoms with van der Waals surface area (Å²) < 4.78 is 19.1. The van der Waals surface area contributed by atoms with Crippen LogP contribution in [0.2, 0.25) is 0 Å². The molecule has 4 rings (SSSR count). The first kappa shape index (κ1) is 15.4. The topological polar surface area (TPSA) is 72.1 Å². The number of pyridine rings is 1. The van der Waals surface area contributed by atoms with Crippen molar-refractivity contribution in [3.05, 3.63) is 60.0 Å². The zero-order chi connectivity index (χ0) is 17.4. The van der Waals surface area contributed by atoms with Gasteiger partial charge in [-0.2, -0.15) is 4.98 Å². The van der Waals surface area contributed by atoms with E-state index in [1.54, 1.807) is 42.4 Å². The fourth-order valence-electron chi connectivity index (χ4n) is 2.89. The maximum atomic E-state index is 13.8. The highest BCUT2D eigenvalue weighted by Gasteiger charge is 2.35. The molecule has 3 heterocycles. The number of aromatic nitrogens is 3. The fraction of sp³-hybridized carbons (Fsp3) is 0.222. The lowest BCUT2D eigenvalue weighted by atomic mass is 10.1. The minimum Gasteiger partial charge on any atom is -0.339 e. The van der Waals surface area contributed by atoms with E-state index in [2.05, 4.69) is 15.1 Å². The first-order valence-corrected chi connectivity index (χ1v) is 7.92. The van der Waals surface area contributed by atoms with Crippen LogP contribution in [0, 0.1) is 12.7 Å². The lowest BCUT2D eigenvalue weighted by Gasteiger charge is -2.16. The van der Waals surface area contributed by atoms with E-state index in [1.165, 1.54) is 6.07 Å². The van der Waals surface area contributed by atoms with Crippen molar-refractivity contribution in [3.8, 4) is 11.4 Å². The van der Waals surface area contributed by atoms with Crippen LogP contribution < -0.4 is 4.90 Å². The second-order valence-electron chi connectivity index (χ2n) is 6.04. The molecule has 25 heavy (non-hydrogen) atoms. The number of anilines is 1. The second-order valence-corrected chi connectivity index (χ2v) is 6.04. The highest BCUT2D eigenvalue weighted by atomic mass is 19.1. The molecule has 1 aliphatic rings. The Hall–Kier alpha value is -3.09. The van der Waals surface area contributed by atoms with Crippen molar-refractivity contribution in [2.24, 2.45) is 0 Å². The molecule has 0 aliphatic carbocycles. The summed E-state index contributed by atoms with van der Waals surface area (Å²) in [5.41, 5.74) is 1.84. The van der Waals surface area contributed by atoms with Crippen molar-refractivity contribution in [1.29, 1.82) is 0 Å². The standard InChI is InChI=1S/C18H15FN4O2/c1-11-4-5-14(8-15(11)19)23-10-13(7-16(23)24)18-21-17(22-25-18)12-3-2-6-20-9-12/h2-6,8-9,13H,7,10H2,1H3. The minimum absolute atomic E-state index is 0.0885. The molecule has 0 bridgehead atoms. The number of hydrogen-bond donors (Lipinski definition) is 0. The molecular weight excluding hydrogens is 323 g/mol. The number of carbonyl (C=O) groups is 1. The molecule has 2 aromatic heterocycles. The largest absolute Gasteiger partial charge is 0.339 e. The molecule has 1 aliphatic heterocycles. The molecule has 1 atom stereocenters. The molecule has 126 valence electrons. The summed E-state index contributed by atoms with van der Waals surface area (Å²) in [6.07, 6.45) is 3.57. The van der Waals surface area contributed by atoms with Gasteiger partial charge in [-0.05, 0) is 36.8 Å². The predicted octanol–water partition coefficient (Wildman–Crippen LogP) is 3.10. The molecule has 1 fully saturated rings. The molecule has 6 nitrogen and oxygen atoms in total. The molecule has 0 N–H and O–H groups in total. The van der Waals surface area contributed by atoms with Crippen LogP contribution in [0.5, 0.6) is 0 Å². The van der Waals surface area contributed by atoms with E-state index in [0.29, 0.717) is 29.5 Å². The zero-order valence-corrected chi connectivity index (χ0v) is 13.5. The van der Waals surface area contributed by atoms with E-state index in [9.17, 15) is 9.18 Å². The van der Waals surface area contributed by atoms with Gasteiger partial charge in [0.15, 0.2) is 0 Å². The van der Waals surface area contributed by atoms with Gasteiger partial charge in [-0.15, -0.1) is 0 Å². The summed E-state index contributed by atoms with van der Waals surface area (Å²) in [5, 5.41) is 3.96. The van der Waals surface area contributed by atoms with Crippen LogP contribution in [-0.4, -0.2) is 27.6 Å². The maximum Gasteiger partial charge on any atom is 0.232 e. The molecule has 1 unspecified atom stereocenters. The second kappa shape index (κ2) is 6.08. The lowest BCUT2D eigenvalue weighted by Crippen LogP contribution is -2.24. The van der Waals surface area contributed by atoms with Crippen LogP contribution in [-0.2, 0) is 4.79 Å². The van der Waals surface area contributed by atoms with Crippen LogP contribution in [0.25, 0.3) is 11.4 Å². The SMILES string of the molecule is Cc1ccc(N2CC(c3nc(-c4cccnc4)no3)CC2=O)cc1F. The highest BCUT2D eigenvalue weighted by molar-refractivity contribution is 5.96. The Morgan fingerprint density at radius 3 is 2.96 bits per heavy atom. The van der Waals surface area contributed by atoms with Gasteiger partial charge in [-0.3, -0.25) is 9.78 Å². The van der Waals surface area contributed by atoms with Gasteiger partial charge in [0.1, 0.15) is 5.82 Å². The number of hydrogen-bond acceptors (Lipinski definition) is 5. The van der Waals surface area contributed by atoms with Gasteiger partial charge in [0, 0.05) is 36.6 Å². The summed E-state index contributed by atoms with van der Waals surface area (Å²) in [5.74, 6) is 0.215. The van der Waals surface area contributed by atoms with Crippen molar-refractivity contribution >= 4 is 11.6 Å². The third-order valence-electron chi connectivity index (χ3n) is 4.30. The van der Waals surface area contributed by atoms with Crippen molar-refractivity contribution in [1.82, 2.24) is 15.1 Å². The molecule has 0 spiro atoms. The van der Waals surface area contributed by atoms with Crippen LogP contribution >= 0.6 is 0 Å². The number of nitrogens with zero attached hydrogens (tertiary/aromatic N) is 4. The van der Waals surface area contributed by atoms with E-state index in [-0.39, 0.29) is 24.1 Å². The highest BCUT2D eigenvalue weighted by Crippen LogP contribution is 2.32. The third-order valence-corrected chi connectivity index (χ3v) is 4.30.